The quantitative estimate of drug-likeness (QED) is 0.468. The first kappa shape index (κ1) is 17.5. The normalized spacial score (nSPS) is 11.3. The smallest absolute Gasteiger partial charge is 0.255 e. The van der Waals surface area contributed by atoms with E-state index in [2.05, 4.69) is 15.0 Å². The zero-order chi connectivity index (χ0) is 18.8. The van der Waals surface area contributed by atoms with Crippen molar-refractivity contribution in [3.8, 4) is 22.8 Å². The summed E-state index contributed by atoms with van der Waals surface area (Å²) in [5.41, 5.74) is 2.00. The molecule has 0 amide bonds. The molecule has 0 fully saturated rings. The molecule has 0 aliphatic carbocycles. The summed E-state index contributed by atoms with van der Waals surface area (Å²) in [4.78, 5) is 15.7. The number of nitrogens with zero attached hydrogens (tertiary/aromatic N) is 4. The molecule has 5 nitrogen and oxygen atoms in total. The van der Waals surface area contributed by atoms with Crippen molar-refractivity contribution >= 4 is 21.6 Å². The second kappa shape index (κ2) is 7.38. The summed E-state index contributed by atoms with van der Waals surface area (Å²) in [6, 6.07) is 13.1. The molecule has 0 bridgehead atoms. The molecule has 0 aliphatic rings. The number of fused-ring (bicyclic) bond motifs is 1. The number of hydrogen-bond donors (Lipinski definition) is 0. The van der Waals surface area contributed by atoms with E-state index in [1.807, 2.05) is 54.7 Å². The second-order valence-electron chi connectivity index (χ2n) is 6.27. The van der Waals surface area contributed by atoms with Crippen LogP contribution in [0.1, 0.15) is 5.82 Å². The van der Waals surface area contributed by atoms with Gasteiger partial charge in [0.25, 0.3) is 5.95 Å². The SMILES string of the molecule is CN(C)Cc1nc(Oc2cccnc2F)c2c(-c3ccccc3)csc2n1. The molecule has 0 saturated carbocycles. The van der Waals surface area contributed by atoms with Gasteiger partial charge < -0.3 is 9.64 Å². The van der Waals surface area contributed by atoms with Crippen LogP contribution in [0, 0.1) is 5.95 Å². The van der Waals surface area contributed by atoms with Crippen LogP contribution in [-0.4, -0.2) is 33.9 Å². The van der Waals surface area contributed by atoms with Crippen LogP contribution < -0.4 is 4.74 Å². The minimum atomic E-state index is -0.671. The lowest BCUT2D eigenvalue weighted by molar-refractivity contribution is 0.381. The maximum atomic E-state index is 14.1. The maximum Gasteiger partial charge on any atom is 0.255 e. The molecule has 0 radical (unpaired) electrons. The summed E-state index contributed by atoms with van der Waals surface area (Å²) < 4.78 is 19.9. The van der Waals surface area contributed by atoms with Gasteiger partial charge >= 0.3 is 0 Å². The number of benzene rings is 1. The molecule has 0 N–H and O–H groups in total. The molecule has 1 aromatic carbocycles. The summed E-state index contributed by atoms with van der Waals surface area (Å²) in [6.07, 6.45) is 1.38. The van der Waals surface area contributed by atoms with Crippen molar-refractivity contribution < 1.29 is 9.13 Å². The molecular formula is C20H17FN4OS. The fraction of sp³-hybridized carbons (Fsp3) is 0.150. The van der Waals surface area contributed by atoms with Crippen LogP contribution in [-0.2, 0) is 6.54 Å². The summed E-state index contributed by atoms with van der Waals surface area (Å²) >= 11 is 1.52. The highest BCUT2D eigenvalue weighted by Crippen LogP contribution is 2.39. The van der Waals surface area contributed by atoms with Crippen molar-refractivity contribution in [2.24, 2.45) is 0 Å². The zero-order valence-electron chi connectivity index (χ0n) is 14.9. The van der Waals surface area contributed by atoms with Crippen molar-refractivity contribution in [2.45, 2.75) is 6.54 Å². The summed E-state index contributed by atoms with van der Waals surface area (Å²) in [5, 5.41) is 2.80. The molecular weight excluding hydrogens is 363 g/mol. The summed E-state index contributed by atoms with van der Waals surface area (Å²) in [6.45, 7) is 0.556. The molecule has 4 aromatic rings. The first-order valence-corrected chi connectivity index (χ1v) is 9.26. The zero-order valence-corrected chi connectivity index (χ0v) is 15.7. The van der Waals surface area contributed by atoms with Crippen LogP contribution in [0.2, 0.25) is 0 Å². The van der Waals surface area contributed by atoms with Crippen molar-refractivity contribution in [1.29, 1.82) is 0 Å². The van der Waals surface area contributed by atoms with E-state index in [1.165, 1.54) is 23.6 Å². The number of aromatic nitrogens is 3. The maximum absolute atomic E-state index is 14.1. The van der Waals surface area contributed by atoms with Crippen LogP contribution in [0.3, 0.4) is 0 Å². The van der Waals surface area contributed by atoms with Gasteiger partial charge in [-0.05, 0) is 31.8 Å². The Balaban J connectivity index is 1.89. The fourth-order valence-corrected chi connectivity index (χ4v) is 3.72. The lowest BCUT2D eigenvalue weighted by Gasteiger charge is -2.12. The van der Waals surface area contributed by atoms with Crippen LogP contribution >= 0.6 is 11.3 Å². The standard InChI is InChI=1S/C20H17FN4OS/c1-25(2)11-16-23-19(26-15-9-6-10-22-18(15)21)17-14(12-27-20(17)24-16)13-7-4-3-5-8-13/h3-10,12H,11H2,1-2H3. The number of rotatable bonds is 5. The third kappa shape index (κ3) is 3.65. The lowest BCUT2D eigenvalue weighted by Crippen LogP contribution is -2.13. The topological polar surface area (TPSA) is 51.1 Å². The van der Waals surface area contributed by atoms with Crippen molar-refractivity contribution in [1.82, 2.24) is 19.9 Å². The van der Waals surface area contributed by atoms with E-state index in [0.717, 1.165) is 21.3 Å². The molecule has 27 heavy (non-hydrogen) atoms. The highest BCUT2D eigenvalue weighted by atomic mass is 32.1. The van der Waals surface area contributed by atoms with Gasteiger partial charge in [0, 0.05) is 17.1 Å². The Morgan fingerprint density at radius 1 is 1.07 bits per heavy atom. The predicted octanol–water partition coefficient (Wildman–Crippen LogP) is 4.75. The van der Waals surface area contributed by atoms with Crippen molar-refractivity contribution in [2.75, 3.05) is 14.1 Å². The number of halogens is 1. The van der Waals surface area contributed by atoms with E-state index < -0.39 is 5.95 Å². The van der Waals surface area contributed by atoms with Gasteiger partial charge in [0.15, 0.2) is 5.75 Å². The number of pyridine rings is 1. The van der Waals surface area contributed by atoms with Crippen LogP contribution in [0.5, 0.6) is 11.6 Å². The first-order valence-electron chi connectivity index (χ1n) is 8.38. The molecule has 3 aromatic heterocycles. The van der Waals surface area contributed by atoms with Crippen LogP contribution in [0.4, 0.5) is 4.39 Å². The number of thiophene rings is 1. The molecule has 0 unspecified atom stereocenters. The van der Waals surface area contributed by atoms with E-state index in [4.69, 9.17) is 4.74 Å². The van der Waals surface area contributed by atoms with E-state index >= 15 is 0 Å². The largest absolute Gasteiger partial charge is 0.433 e. The average Bonchev–Trinajstić information content (AvgIpc) is 3.08. The third-order valence-corrected chi connectivity index (χ3v) is 4.79. The average molecular weight is 380 g/mol. The molecule has 0 saturated heterocycles. The van der Waals surface area contributed by atoms with E-state index in [-0.39, 0.29) is 5.75 Å². The molecule has 0 aliphatic heterocycles. The molecule has 0 spiro atoms. The summed E-state index contributed by atoms with van der Waals surface area (Å²) in [7, 11) is 3.89. The van der Waals surface area contributed by atoms with Gasteiger partial charge in [-0.3, -0.25) is 0 Å². The monoisotopic (exact) mass is 380 g/mol. The van der Waals surface area contributed by atoms with E-state index in [9.17, 15) is 4.39 Å². The molecule has 7 heteroatoms. The number of hydrogen-bond acceptors (Lipinski definition) is 6. The highest BCUT2D eigenvalue weighted by molar-refractivity contribution is 7.17. The molecule has 3 heterocycles. The van der Waals surface area contributed by atoms with Crippen molar-refractivity contribution in [3.63, 3.8) is 0 Å². The molecule has 4 rings (SSSR count). The lowest BCUT2D eigenvalue weighted by atomic mass is 10.1. The first-order chi connectivity index (χ1) is 13.1. The summed E-state index contributed by atoms with van der Waals surface area (Å²) in [5.74, 6) is 0.325. The Morgan fingerprint density at radius 3 is 2.63 bits per heavy atom. The molecule has 0 atom stereocenters. The van der Waals surface area contributed by atoms with Gasteiger partial charge in [-0.25, -0.2) is 9.97 Å². The third-order valence-electron chi connectivity index (χ3n) is 3.92. The van der Waals surface area contributed by atoms with Gasteiger partial charge in [-0.2, -0.15) is 9.37 Å². The predicted molar refractivity (Wildman–Crippen MR) is 105 cm³/mol. The second-order valence-corrected chi connectivity index (χ2v) is 7.13. The highest BCUT2D eigenvalue weighted by Gasteiger charge is 2.18. The van der Waals surface area contributed by atoms with Crippen molar-refractivity contribution in [3.05, 3.63) is 65.8 Å². The Labute approximate surface area is 160 Å². The van der Waals surface area contributed by atoms with Gasteiger partial charge in [0.1, 0.15) is 10.7 Å². The minimum absolute atomic E-state index is 0.0403. The van der Waals surface area contributed by atoms with Crippen LogP contribution in [0.15, 0.2) is 54.0 Å². The molecule has 136 valence electrons. The van der Waals surface area contributed by atoms with Gasteiger partial charge in [-0.1, -0.05) is 30.3 Å². The number of ether oxygens (including phenoxy) is 1. The fourth-order valence-electron chi connectivity index (χ4n) is 2.76. The van der Waals surface area contributed by atoms with Crippen LogP contribution in [0.25, 0.3) is 21.3 Å². The Hall–Kier alpha value is -2.90. The Kier molecular flexibility index (Phi) is 4.79. The minimum Gasteiger partial charge on any atom is -0.433 e. The van der Waals surface area contributed by atoms with Gasteiger partial charge in [-0.15, -0.1) is 11.3 Å². The Morgan fingerprint density at radius 2 is 1.89 bits per heavy atom. The van der Waals surface area contributed by atoms with Gasteiger partial charge in [0.05, 0.1) is 11.9 Å². The Bertz CT molecular complexity index is 1080. The van der Waals surface area contributed by atoms with E-state index in [1.54, 1.807) is 6.07 Å². The van der Waals surface area contributed by atoms with E-state index in [0.29, 0.717) is 18.2 Å². The van der Waals surface area contributed by atoms with Gasteiger partial charge in [0.2, 0.25) is 5.88 Å².